The molecular formula is C16H22IN5OS. The van der Waals surface area contributed by atoms with Gasteiger partial charge >= 0.3 is 0 Å². The van der Waals surface area contributed by atoms with Crippen LogP contribution in [0.4, 0.5) is 5.82 Å². The summed E-state index contributed by atoms with van der Waals surface area (Å²) in [6.07, 6.45) is 0.343. The summed E-state index contributed by atoms with van der Waals surface area (Å²) in [7, 11) is 1.71. The van der Waals surface area contributed by atoms with Crippen molar-refractivity contribution < 1.29 is 4.79 Å². The lowest BCUT2D eigenvalue weighted by Crippen LogP contribution is -2.38. The first-order valence-electron chi connectivity index (χ1n) is 7.38. The van der Waals surface area contributed by atoms with Gasteiger partial charge in [0, 0.05) is 30.6 Å². The van der Waals surface area contributed by atoms with Crippen LogP contribution < -0.4 is 16.0 Å². The zero-order chi connectivity index (χ0) is 16.5. The number of hydrogen-bond donors (Lipinski definition) is 3. The van der Waals surface area contributed by atoms with E-state index >= 15 is 0 Å². The van der Waals surface area contributed by atoms with Gasteiger partial charge in [0.2, 0.25) is 5.91 Å². The maximum atomic E-state index is 11.9. The van der Waals surface area contributed by atoms with Gasteiger partial charge in [0.25, 0.3) is 0 Å². The van der Waals surface area contributed by atoms with Crippen molar-refractivity contribution in [1.29, 1.82) is 0 Å². The zero-order valence-corrected chi connectivity index (χ0v) is 16.9. The highest BCUT2D eigenvalue weighted by Crippen LogP contribution is 2.07. The number of carbonyl (C=O) groups is 1. The maximum absolute atomic E-state index is 11.9. The molecule has 0 fully saturated rings. The first-order chi connectivity index (χ1) is 11.2. The van der Waals surface area contributed by atoms with Gasteiger partial charge in [-0.2, -0.15) is 0 Å². The normalized spacial score (nSPS) is 10.7. The number of aryl methyl sites for hydroxylation is 1. The molecule has 130 valence electrons. The van der Waals surface area contributed by atoms with Crippen LogP contribution >= 0.6 is 35.3 Å². The second-order valence-electron chi connectivity index (χ2n) is 4.89. The van der Waals surface area contributed by atoms with Gasteiger partial charge in [-0.3, -0.25) is 9.79 Å². The topological polar surface area (TPSA) is 78.4 Å². The molecule has 0 aromatic carbocycles. The zero-order valence-electron chi connectivity index (χ0n) is 13.7. The third kappa shape index (κ3) is 7.26. The molecule has 0 aliphatic heterocycles. The Morgan fingerprint density at radius 1 is 1.25 bits per heavy atom. The number of aromatic nitrogens is 1. The molecule has 0 saturated carbocycles. The monoisotopic (exact) mass is 459 g/mol. The van der Waals surface area contributed by atoms with E-state index in [1.807, 2.05) is 30.5 Å². The van der Waals surface area contributed by atoms with Crippen LogP contribution in [-0.4, -0.2) is 30.4 Å². The molecule has 2 rings (SSSR count). The highest BCUT2D eigenvalue weighted by Gasteiger charge is 2.04. The Kier molecular flexibility index (Phi) is 9.31. The van der Waals surface area contributed by atoms with Crippen molar-refractivity contribution >= 4 is 53.0 Å². The molecule has 1 amide bonds. The van der Waals surface area contributed by atoms with Crippen LogP contribution in [0.25, 0.3) is 0 Å². The molecule has 2 aromatic heterocycles. The fourth-order valence-electron chi connectivity index (χ4n) is 1.92. The van der Waals surface area contributed by atoms with Crippen LogP contribution in [0.1, 0.15) is 17.0 Å². The molecule has 0 unspecified atom stereocenters. The van der Waals surface area contributed by atoms with Crippen molar-refractivity contribution in [3.05, 3.63) is 46.3 Å². The highest BCUT2D eigenvalue weighted by molar-refractivity contribution is 14.0. The second kappa shape index (κ2) is 11.0. The lowest BCUT2D eigenvalue weighted by atomic mass is 10.3. The molecule has 3 N–H and O–H groups in total. The summed E-state index contributed by atoms with van der Waals surface area (Å²) in [6, 6.07) is 9.61. The highest BCUT2D eigenvalue weighted by atomic mass is 127. The van der Waals surface area contributed by atoms with Crippen molar-refractivity contribution in [2.24, 2.45) is 4.99 Å². The molecule has 6 nitrogen and oxygen atoms in total. The fraction of sp³-hybridized carbons (Fsp3) is 0.312. The third-order valence-electron chi connectivity index (χ3n) is 3.03. The van der Waals surface area contributed by atoms with E-state index in [1.165, 1.54) is 4.88 Å². The number of pyridine rings is 1. The standard InChI is InChI=1S/C16H21N5OS.HI/c1-12-5-3-7-14(20-12)21-15(22)8-9-18-16(17-2)19-11-13-6-4-10-23-13;/h3-7,10H,8-9,11H2,1-2H3,(H2,17,18,19)(H,20,21,22);1H. The molecule has 2 heterocycles. The average Bonchev–Trinajstić information content (AvgIpc) is 3.04. The van der Waals surface area contributed by atoms with E-state index in [0.717, 1.165) is 12.2 Å². The Bertz CT molecular complexity index is 660. The number of anilines is 1. The van der Waals surface area contributed by atoms with E-state index in [4.69, 9.17) is 0 Å². The molecule has 0 bridgehead atoms. The molecule has 0 spiro atoms. The van der Waals surface area contributed by atoms with E-state index in [0.29, 0.717) is 24.7 Å². The van der Waals surface area contributed by atoms with E-state index in [-0.39, 0.29) is 29.9 Å². The predicted octanol–water partition coefficient (Wildman–Crippen LogP) is 2.76. The Morgan fingerprint density at radius 3 is 2.75 bits per heavy atom. The van der Waals surface area contributed by atoms with Crippen LogP contribution in [0.15, 0.2) is 40.7 Å². The van der Waals surface area contributed by atoms with Gasteiger partial charge < -0.3 is 16.0 Å². The second-order valence-corrected chi connectivity index (χ2v) is 5.93. The smallest absolute Gasteiger partial charge is 0.227 e. The van der Waals surface area contributed by atoms with Gasteiger partial charge in [0.1, 0.15) is 5.82 Å². The minimum absolute atomic E-state index is 0. The molecular weight excluding hydrogens is 437 g/mol. The van der Waals surface area contributed by atoms with Gasteiger partial charge in [0.05, 0.1) is 6.54 Å². The van der Waals surface area contributed by atoms with Crippen LogP contribution in [-0.2, 0) is 11.3 Å². The van der Waals surface area contributed by atoms with Crippen molar-refractivity contribution in [3.8, 4) is 0 Å². The molecule has 8 heteroatoms. The summed E-state index contributed by atoms with van der Waals surface area (Å²) >= 11 is 1.69. The minimum Gasteiger partial charge on any atom is -0.356 e. The summed E-state index contributed by atoms with van der Waals surface area (Å²) in [6.45, 7) is 3.11. The summed E-state index contributed by atoms with van der Waals surface area (Å²) in [5.74, 6) is 1.18. The quantitative estimate of drug-likeness (QED) is 0.353. The van der Waals surface area contributed by atoms with Crippen molar-refractivity contribution in [2.45, 2.75) is 19.9 Å². The molecule has 24 heavy (non-hydrogen) atoms. The van der Waals surface area contributed by atoms with Crippen molar-refractivity contribution in [2.75, 3.05) is 18.9 Å². The first-order valence-corrected chi connectivity index (χ1v) is 8.26. The number of nitrogens with zero attached hydrogens (tertiary/aromatic N) is 2. The van der Waals surface area contributed by atoms with Crippen molar-refractivity contribution in [1.82, 2.24) is 15.6 Å². The summed E-state index contributed by atoms with van der Waals surface area (Å²) in [4.78, 5) is 21.5. The maximum Gasteiger partial charge on any atom is 0.227 e. The van der Waals surface area contributed by atoms with Crippen LogP contribution in [0, 0.1) is 6.92 Å². The van der Waals surface area contributed by atoms with Gasteiger partial charge in [-0.05, 0) is 30.5 Å². The van der Waals surface area contributed by atoms with Crippen LogP contribution in [0.3, 0.4) is 0 Å². The molecule has 0 aliphatic rings. The van der Waals surface area contributed by atoms with Gasteiger partial charge in [-0.25, -0.2) is 4.98 Å². The third-order valence-corrected chi connectivity index (χ3v) is 3.91. The number of aliphatic imine (C=N–C) groups is 1. The first kappa shape index (κ1) is 20.4. The molecule has 0 radical (unpaired) electrons. The fourth-order valence-corrected chi connectivity index (χ4v) is 2.56. The number of thiophene rings is 1. The number of hydrogen-bond acceptors (Lipinski definition) is 4. The largest absolute Gasteiger partial charge is 0.356 e. The summed E-state index contributed by atoms with van der Waals surface area (Å²) < 4.78 is 0. The van der Waals surface area contributed by atoms with Crippen molar-refractivity contribution in [3.63, 3.8) is 0 Å². The lowest BCUT2D eigenvalue weighted by Gasteiger charge is -2.11. The number of guanidine groups is 1. The van der Waals surface area contributed by atoms with E-state index in [1.54, 1.807) is 24.5 Å². The molecule has 0 aliphatic carbocycles. The Hall–Kier alpha value is -1.68. The van der Waals surface area contributed by atoms with Gasteiger partial charge in [0.15, 0.2) is 5.96 Å². The number of nitrogens with one attached hydrogen (secondary N) is 3. The number of amides is 1. The average molecular weight is 459 g/mol. The van der Waals surface area contributed by atoms with Crippen LogP contribution in [0.5, 0.6) is 0 Å². The number of halogens is 1. The van der Waals surface area contributed by atoms with Gasteiger partial charge in [-0.1, -0.05) is 12.1 Å². The lowest BCUT2D eigenvalue weighted by molar-refractivity contribution is -0.116. The Morgan fingerprint density at radius 2 is 2.08 bits per heavy atom. The summed E-state index contributed by atoms with van der Waals surface area (Å²) in [5.41, 5.74) is 0.874. The molecule has 2 aromatic rings. The van der Waals surface area contributed by atoms with Gasteiger partial charge in [-0.15, -0.1) is 35.3 Å². The SMILES string of the molecule is CN=C(NCCC(=O)Nc1cccc(C)n1)NCc1cccs1.I. The predicted molar refractivity (Wildman–Crippen MR) is 110 cm³/mol. The van der Waals surface area contributed by atoms with E-state index in [2.05, 4.69) is 32.0 Å². The summed E-state index contributed by atoms with van der Waals surface area (Å²) in [5, 5.41) is 11.1. The molecule has 0 saturated heterocycles. The van der Waals surface area contributed by atoms with Crippen LogP contribution in [0.2, 0.25) is 0 Å². The Labute approximate surface area is 163 Å². The Balaban J connectivity index is 0.00000288. The van der Waals surface area contributed by atoms with E-state index in [9.17, 15) is 4.79 Å². The van der Waals surface area contributed by atoms with E-state index < -0.39 is 0 Å². The minimum atomic E-state index is -0.0793. The number of carbonyl (C=O) groups excluding carboxylic acids is 1. The molecule has 0 atom stereocenters. The number of rotatable bonds is 6.